The molecular weight excluding hydrogens is 434 g/mol. The van der Waals surface area contributed by atoms with Crippen LogP contribution in [0.1, 0.15) is 18.1 Å². The van der Waals surface area contributed by atoms with E-state index >= 15 is 0 Å². The molecule has 1 N–H and O–H groups in total. The van der Waals surface area contributed by atoms with Gasteiger partial charge in [0.1, 0.15) is 40.2 Å². The van der Waals surface area contributed by atoms with Crippen molar-refractivity contribution >= 4 is 17.4 Å². The van der Waals surface area contributed by atoms with Gasteiger partial charge in [0.15, 0.2) is 5.82 Å². The van der Waals surface area contributed by atoms with Crippen LogP contribution in [-0.4, -0.2) is 27.2 Å². The smallest absolute Gasteiger partial charge is 0.359 e. The average Bonchev–Trinajstić information content (AvgIpc) is 2.65. The van der Waals surface area contributed by atoms with E-state index in [1.165, 1.54) is 12.3 Å². The van der Waals surface area contributed by atoms with Gasteiger partial charge in [-0.05, 0) is 19.1 Å². The van der Waals surface area contributed by atoms with Gasteiger partial charge < -0.3 is 5.32 Å². The van der Waals surface area contributed by atoms with E-state index in [4.69, 9.17) is 11.6 Å². The molecule has 0 bridgehead atoms. The molecule has 3 aromatic rings. The van der Waals surface area contributed by atoms with Crippen molar-refractivity contribution in [2.24, 2.45) is 0 Å². The molecule has 0 spiro atoms. The van der Waals surface area contributed by atoms with Gasteiger partial charge in [-0.15, -0.1) is 0 Å². The van der Waals surface area contributed by atoms with Gasteiger partial charge in [-0.2, -0.15) is 13.2 Å². The first kappa shape index (κ1) is 21.8. The Bertz CT molecular complexity index is 1040. The SMILES string of the molecule is C[C@H](Nc1nc(-c2ccccn2)nc(Cl)c1Cc1c(F)cc(F)cc1F)C(F)(F)F. The number of hydrogen-bond donors (Lipinski definition) is 1. The summed E-state index contributed by atoms with van der Waals surface area (Å²) < 4.78 is 80.6. The molecule has 30 heavy (non-hydrogen) atoms. The van der Waals surface area contributed by atoms with Crippen molar-refractivity contribution in [1.29, 1.82) is 0 Å². The molecule has 1 aromatic carbocycles. The number of alkyl halides is 3. The number of pyridine rings is 1. The van der Waals surface area contributed by atoms with Crippen molar-refractivity contribution in [2.75, 3.05) is 5.32 Å². The molecule has 0 aliphatic heterocycles. The summed E-state index contributed by atoms with van der Waals surface area (Å²) in [5.41, 5.74) is -0.542. The number of halogens is 7. The van der Waals surface area contributed by atoms with E-state index in [2.05, 4.69) is 20.3 Å². The molecule has 4 nitrogen and oxygen atoms in total. The zero-order valence-corrected chi connectivity index (χ0v) is 16.0. The molecule has 11 heteroatoms. The fourth-order valence-electron chi connectivity index (χ4n) is 2.55. The molecule has 0 saturated carbocycles. The van der Waals surface area contributed by atoms with E-state index in [-0.39, 0.29) is 28.1 Å². The molecule has 2 heterocycles. The van der Waals surface area contributed by atoms with E-state index in [0.717, 1.165) is 6.92 Å². The van der Waals surface area contributed by atoms with Gasteiger partial charge in [0.05, 0.1) is 0 Å². The second-order valence-electron chi connectivity index (χ2n) is 6.31. The summed E-state index contributed by atoms with van der Waals surface area (Å²) in [7, 11) is 0. The third-order valence-corrected chi connectivity index (χ3v) is 4.47. The summed E-state index contributed by atoms with van der Waals surface area (Å²) in [5.74, 6) is -4.02. The van der Waals surface area contributed by atoms with Gasteiger partial charge in [0, 0.05) is 35.9 Å². The van der Waals surface area contributed by atoms with Crippen LogP contribution in [0.25, 0.3) is 11.5 Å². The molecule has 0 aliphatic carbocycles. The van der Waals surface area contributed by atoms with Gasteiger partial charge >= 0.3 is 6.18 Å². The predicted octanol–water partition coefficient (Wildman–Crippen LogP) is 5.56. The van der Waals surface area contributed by atoms with Gasteiger partial charge in [-0.3, -0.25) is 4.98 Å². The lowest BCUT2D eigenvalue weighted by atomic mass is 10.0. The van der Waals surface area contributed by atoms with E-state index in [0.29, 0.717) is 12.1 Å². The third kappa shape index (κ3) is 4.81. The summed E-state index contributed by atoms with van der Waals surface area (Å²) >= 11 is 6.15. The maximum Gasteiger partial charge on any atom is 0.408 e. The lowest BCUT2D eigenvalue weighted by molar-refractivity contribution is -0.138. The zero-order valence-electron chi connectivity index (χ0n) is 15.2. The van der Waals surface area contributed by atoms with Crippen LogP contribution in [0, 0.1) is 17.5 Å². The molecule has 0 unspecified atom stereocenters. The Labute approximate surface area is 172 Å². The van der Waals surface area contributed by atoms with Crippen LogP contribution in [0.3, 0.4) is 0 Å². The number of hydrogen-bond acceptors (Lipinski definition) is 4. The fourth-order valence-corrected chi connectivity index (χ4v) is 2.78. The number of nitrogens with one attached hydrogen (secondary N) is 1. The maximum absolute atomic E-state index is 14.1. The molecule has 0 saturated heterocycles. The van der Waals surface area contributed by atoms with E-state index < -0.39 is 41.7 Å². The Morgan fingerprint density at radius 2 is 1.70 bits per heavy atom. The fraction of sp³-hybridized carbons (Fsp3) is 0.211. The molecule has 158 valence electrons. The minimum atomic E-state index is -4.63. The molecular formula is C19H13ClF6N4. The predicted molar refractivity (Wildman–Crippen MR) is 98.5 cm³/mol. The molecule has 0 aliphatic rings. The Balaban J connectivity index is 2.11. The summed E-state index contributed by atoms with van der Waals surface area (Å²) in [5, 5.41) is 1.84. The van der Waals surface area contributed by atoms with Crippen LogP contribution in [0.15, 0.2) is 36.5 Å². The molecule has 2 aromatic heterocycles. The minimum absolute atomic E-state index is 0.0822. The monoisotopic (exact) mass is 446 g/mol. The average molecular weight is 447 g/mol. The Morgan fingerprint density at radius 3 is 2.27 bits per heavy atom. The summed E-state index contributed by atoms with van der Waals surface area (Å²) in [6.07, 6.45) is -3.81. The van der Waals surface area contributed by atoms with Crippen LogP contribution >= 0.6 is 11.6 Å². The van der Waals surface area contributed by atoms with Crippen molar-refractivity contribution in [3.8, 4) is 11.5 Å². The van der Waals surface area contributed by atoms with Crippen molar-refractivity contribution in [3.05, 3.63) is 70.3 Å². The van der Waals surface area contributed by atoms with Gasteiger partial charge in [-0.1, -0.05) is 17.7 Å². The van der Waals surface area contributed by atoms with Crippen molar-refractivity contribution in [3.63, 3.8) is 0 Å². The molecule has 3 rings (SSSR count). The second-order valence-corrected chi connectivity index (χ2v) is 6.67. The highest BCUT2D eigenvalue weighted by Gasteiger charge is 2.37. The van der Waals surface area contributed by atoms with Crippen molar-refractivity contribution in [2.45, 2.75) is 25.6 Å². The second kappa shape index (κ2) is 8.47. The number of rotatable bonds is 5. The molecule has 0 fully saturated rings. The first-order valence-corrected chi connectivity index (χ1v) is 8.88. The quantitative estimate of drug-likeness (QED) is 0.411. The van der Waals surface area contributed by atoms with Crippen molar-refractivity contribution in [1.82, 2.24) is 15.0 Å². The highest BCUT2D eigenvalue weighted by Crippen LogP contribution is 2.31. The Hall–Kier alpha value is -2.88. The highest BCUT2D eigenvalue weighted by atomic mass is 35.5. The third-order valence-electron chi connectivity index (χ3n) is 4.15. The maximum atomic E-state index is 14.1. The zero-order chi connectivity index (χ0) is 22.1. The lowest BCUT2D eigenvalue weighted by Crippen LogP contribution is -2.34. The Morgan fingerprint density at radius 1 is 1.03 bits per heavy atom. The summed E-state index contributed by atoms with van der Waals surface area (Å²) in [6.45, 7) is 0.847. The van der Waals surface area contributed by atoms with Crippen LogP contribution in [0.4, 0.5) is 32.2 Å². The first-order valence-electron chi connectivity index (χ1n) is 8.50. The molecule has 1 atom stereocenters. The van der Waals surface area contributed by atoms with Crippen LogP contribution in [-0.2, 0) is 6.42 Å². The van der Waals surface area contributed by atoms with Crippen LogP contribution < -0.4 is 5.32 Å². The number of anilines is 1. The number of aromatic nitrogens is 3. The van der Waals surface area contributed by atoms with Crippen LogP contribution in [0.2, 0.25) is 5.15 Å². The topological polar surface area (TPSA) is 50.7 Å². The number of benzene rings is 1. The minimum Gasteiger partial charge on any atom is -0.359 e. The van der Waals surface area contributed by atoms with E-state index in [9.17, 15) is 26.3 Å². The molecule has 0 radical (unpaired) electrons. The largest absolute Gasteiger partial charge is 0.408 e. The first-order chi connectivity index (χ1) is 14.1. The standard InChI is InChI=1S/C19H13ClF6N4/c1-9(19(24,25)26)28-17-12(8-11-13(22)6-10(21)7-14(11)23)16(20)29-18(30-17)15-4-2-3-5-27-15/h2-7,9H,8H2,1H3,(H,28,29,30)/t9-/m0/s1. The Kier molecular flexibility index (Phi) is 6.16. The molecule has 0 amide bonds. The van der Waals surface area contributed by atoms with Crippen LogP contribution in [0.5, 0.6) is 0 Å². The van der Waals surface area contributed by atoms with E-state index in [1.807, 2.05) is 0 Å². The summed E-state index contributed by atoms with van der Waals surface area (Å²) in [4.78, 5) is 12.1. The highest BCUT2D eigenvalue weighted by molar-refractivity contribution is 6.30. The van der Waals surface area contributed by atoms with E-state index in [1.54, 1.807) is 12.1 Å². The lowest BCUT2D eigenvalue weighted by Gasteiger charge is -2.21. The van der Waals surface area contributed by atoms with Gasteiger partial charge in [-0.25, -0.2) is 23.1 Å². The van der Waals surface area contributed by atoms with Crippen molar-refractivity contribution < 1.29 is 26.3 Å². The van der Waals surface area contributed by atoms with Gasteiger partial charge in [0.2, 0.25) is 0 Å². The normalized spacial score (nSPS) is 12.7. The summed E-state index contributed by atoms with van der Waals surface area (Å²) in [6, 6.07) is 3.61. The number of nitrogens with zero attached hydrogens (tertiary/aromatic N) is 3. The van der Waals surface area contributed by atoms with Gasteiger partial charge in [0.25, 0.3) is 0 Å².